The van der Waals surface area contributed by atoms with E-state index in [0.29, 0.717) is 12.5 Å². The Balaban J connectivity index is 1.78. The number of carbonyl (C=O) groups is 1. The molecule has 3 aromatic rings. The van der Waals surface area contributed by atoms with Gasteiger partial charge in [-0.05, 0) is 42.7 Å². The molecule has 0 radical (unpaired) electrons. The number of hydrogen-bond acceptors (Lipinski definition) is 3. The Kier molecular flexibility index (Phi) is 5.89. The molecule has 1 amide bonds. The summed E-state index contributed by atoms with van der Waals surface area (Å²) in [6.07, 6.45) is 0.268. The maximum Gasteiger partial charge on any atom is 0.251 e. The smallest absolute Gasteiger partial charge is 0.251 e. The van der Waals surface area contributed by atoms with Crippen molar-refractivity contribution in [2.45, 2.75) is 39.7 Å². The fraction of sp³-hybridized carbons (Fsp3) is 0.333. The molecular formula is C21H24N2O2S. The van der Waals surface area contributed by atoms with Crippen LogP contribution >= 0.6 is 11.3 Å². The van der Waals surface area contributed by atoms with Gasteiger partial charge in [0, 0.05) is 6.54 Å². The number of amides is 1. The number of benzene rings is 2. The van der Waals surface area contributed by atoms with Crippen molar-refractivity contribution in [3.8, 4) is 5.75 Å². The summed E-state index contributed by atoms with van der Waals surface area (Å²) in [5.74, 6) is 1.10. The molecule has 0 bridgehead atoms. The van der Waals surface area contributed by atoms with Crippen LogP contribution in [-0.2, 0) is 11.3 Å². The lowest BCUT2D eigenvalue weighted by Crippen LogP contribution is -2.16. The summed E-state index contributed by atoms with van der Waals surface area (Å²) in [6, 6.07) is 16.0. The normalized spacial score (nSPS) is 12.1. The molecule has 5 heteroatoms. The van der Waals surface area contributed by atoms with Gasteiger partial charge in [-0.3, -0.25) is 4.79 Å². The molecule has 1 aromatic heterocycles. The standard InChI is InChI=1S/C21H24N2O2S/c1-4-23-18-11-10-16(15(2)3)14-19(18)26-21(23)22-20(24)12-13-25-17-8-6-5-7-9-17/h5-11,14-15H,4,12-13H2,1-3H3. The topological polar surface area (TPSA) is 43.6 Å². The quantitative estimate of drug-likeness (QED) is 0.630. The fourth-order valence-electron chi connectivity index (χ4n) is 2.78. The van der Waals surface area contributed by atoms with Crippen LogP contribution in [0.4, 0.5) is 0 Å². The second kappa shape index (κ2) is 8.32. The lowest BCUT2D eigenvalue weighted by molar-refractivity contribution is -0.118. The first-order valence-corrected chi connectivity index (χ1v) is 9.79. The monoisotopic (exact) mass is 368 g/mol. The minimum absolute atomic E-state index is 0.154. The molecule has 0 N–H and O–H groups in total. The Morgan fingerprint density at radius 3 is 2.65 bits per heavy atom. The van der Waals surface area contributed by atoms with Gasteiger partial charge >= 0.3 is 0 Å². The summed E-state index contributed by atoms with van der Waals surface area (Å²) in [5.41, 5.74) is 2.44. The first-order valence-electron chi connectivity index (χ1n) is 8.97. The highest BCUT2D eigenvalue weighted by Crippen LogP contribution is 2.23. The van der Waals surface area contributed by atoms with E-state index in [4.69, 9.17) is 4.74 Å². The van der Waals surface area contributed by atoms with Crippen molar-refractivity contribution in [3.63, 3.8) is 0 Å². The van der Waals surface area contributed by atoms with E-state index in [1.54, 1.807) is 11.3 Å². The van der Waals surface area contributed by atoms with Crippen LogP contribution in [0.15, 0.2) is 53.5 Å². The van der Waals surface area contributed by atoms with E-state index in [2.05, 4.69) is 48.5 Å². The van der Waals surface area contributed by atoms with Gasteiger partial charge in [-0.15, -0.1) is 0 Å². The van der Waals surface area contributed by atoms with Gasteiger partial charge in [0.1, 0.15) is 5.75 Å². The maximum absolute atomic E-state index is 12.3. The van der Waals surface area contributed by atoms with Crippen LogP contribution < -0.4 is 9.54 Å². The number of thiazole rings is 1. The van der Waals surface area contributed by atoms with Gasteiger partial charge in [0.05, 0.1) is 23.2 Å². The van der Waals surface area contributed by atoms with Crippen LogP contribution in [0, 0.1) is 0 Å². The number of aromatic nitrogens is 1. The van der Waals surface area contributed by atoms with Crippen molar-refractivity contribution in [3.05, 3.63) is 58.9 Å². The van der Waals surface area contributed by atoms with E-state index >= 15 is 0 Å². The molecule has 0 saturated heterocycles. The van der Waals surface area contributed by atoms with Crippen LogP contribution in [0.5, 0.6) is 5.75 Å². The van der Waals surface area contributed by atoms with Crippen molar-refractivity contribution in [1.29, 1.82) is 0 Å². The van der Waals surface area contributed by atoms with Crippen molar-refractivity contribution in [2.75, 3.05) is 6.61 Å². The Morgan fingerprint density at radius 1 is 1.19 bits per heavy atom. The van der Waals surface area contributed by atoms with E-state index in [0.717, 1.165) is 22.6 Å². The summed E-state index contributed by atoms with van der Waals surface area (Å²) in [4.78, 5) is 17.4. The molecule has 0 aliphatic carbocycles. The summed E-state index contributed by atoms with van der Waals surface area (Å²) >= 11 is 1.57. The lowest BCUT2D eigenvalue weighted by atomic mass is 10.0. The van der Waals surface area contributed by atoms with Crippen LogP contribution in [-0.4, -0.2) is 17.1 Å². The SMILES string of the molecule is CCn1c(=NC(=O)CCOc2ccccc2)sc2cc(C(C)C)ccc21. The van der Waals surface area contributed by atoms with Gasteiger partial charge in [-0.1, -0.05) is 49.4 Å². The summed E-state index contributed by atoms with van der Waals surface area (Å²) in [6.45, 7) is 7.56. The van der Waals surface area contributed by atoms with Crippen molar-refractivity contribution in [2.24, 2.45) is 4.99 Å². The molecule has 1 heterocycles. The molecule has 0 atom stereocenters. The second-order valence-corrected chi connectivity index (χ2v) is 7.44. The average molecular weight is 369 g/mol. The van der Waals surface area contributed by atoms with Crippen LogP contribution in [0.1, 0.15) is 38.7 Å². The highest BCUT2D eigenvalue weighted by atomic mass is 32.1. The summed E-state index contributed by atoms with van der Waals surface area (Å²) in [5, 5.41) is 0. The number of carbonyl (C=O) groups excluding carboxylic acids is 1. The first-order chi connectivity index (χ1) is 12.6. The Bertz CT molecular complexity index is 955. The van der Waals surface area contributed by atoms with Gasteiger partial charge in [-0.2, -0.15) is 4.99 Å². The van der Waals surface area contributed by atoms with Gasteiger partial charge < -0.3 is 9.30 Å². The third-order valence-electron chi connectivity index (χ3n) is 4.24. The van der Waals surface area contributed by atoms with Crippen molar-refractivity contribution in [1.82, 2.24) is 4.57 Å². The molecular weight excluding hydrogens is 344 g/mol. The van der Waals surface area contributed by atoms with E-state index in [9.17, 15) is 4.79 Å². The van der Waals surface area contributed by atoms with Crippen molar-refractivity contribution < 1.29 is 9.53 Å². The van der Waals surface area contributed by atoms with Gasteiger partial charge in [0.15, 0.2) is 4.80 Å². The molecule has 26 heavy (non-hydrogen) atoms. The number of para-hydroxylation sites is 1. The van der Waals surface area contributed by atoms with Crippen LogP contribution in [0.2, 0.25) is 0 Å². The fourth-order valence-corrected chi connectivity index (χ4v) is 3.93. The predicted molar refractivity (Wildman–Crippen MR) is 107 cm³/mol. The zero-order valence-corrected chi connectivity index (χ0v) is 16.3. The van der Waals surface area contributed by atoms with Gasteiger partial charge in [0.2, 0.25) is 0 Å². The largest absolute Gasteiger partial charge is 0.493 e. The molecule has 0 saturated carbocycles. The van der Waals surface area contributed by atoms with E-state index in [-0.39, 0.29) is 12.3 Å². The highest BCUT2D eigenvalue weighted by Gasteiger charge is 2.09. The van der Waals surface area contributed by atoms with Crippen molar-refractivity contribution >= 4 is 27.5 Å². The van der Waals surface area contributed by atoms with Crippen LogP contribution in [0.25, 0.3) is 10.2 Å². The lowest BCUT2D eigenvalue weighted by Gasteiger charge is -2.05. The van der Waals surface area contributed by atoms with Gasteiger partial charge in [0.25, 0.3) is 5.91 Å². The minimum Gasteiger partial charge on any atom is -0.493 e. The number of hydrogen-bond donors (Lipinski definition) is 0. The van der Waals surface area contributed by atoms with Crippen LogP contribution in [0.3, 0.4) is 0 Å². The molecule has 0 spiro atoms. The number of ether oxygens (including phenoxy) is 1. The highest BCUT2D eigenvalue weighted by molar-refractivity contribution is 7.16. The third kappa shape index (κ3) is 4.22. The Labute approximate surface area is 157 Å². The van der Waals surface area contributed by atoms with Gasteiger partial charge in [-0.25, -0.2) is 0 Å². The molecule has 0 aliphatic heterocycles. The minimum atomic E-state index is -0.154. The van der Waals surface area contributed by atoms with E-state index in [1.165, 1.54) is 10.3 Å². The first kappa shape index (κ1) is 18.4. The molecule has 4 nitrogen and oxygen atoms in total. The number of nitrogens with zero attached hydrogens (tertiary/aromatic N) is 2. The Morgan fingerprint density at radius 2 is 1.96 bits per heavy atom. The average Bonchev–Trinajstić information content (AvgIpc) is 2.98. The number of fused-ring (bicyclic) bond motifs is 1. The molecule has 0 fully saturated rings. The van der Waals surface area contributed by atoms with E-state index in [1.807, 2.05) is 30.3 Å². The molecule has 3 rings (SSSR count). The van der Waals surface area contributed by atoms with E-state index < -0.39 is 0 Å². The molecule has 2 aromatic carbocycles. The number of rotatable bonds is 6. The maximum atomic E-state index is 12.3. The molecule has 136 valence electrons. The molecule has 0 aliphatic rings. The second-order valence-electron chi connectivity index (χ2n) is 6.43. The molecule has 0 unspecified atom stereocenters. The zero-order valence-electron chi connectivity index (χ0n) is 15.4. The number of aryl methyl sites for hydroxylation is 1. The predicted octanol–water partition coefficient (Wildman–Crippen LogP) is 4.74. The summed E-state index contributed by atoms with van der Waals surface area (Å²) in [7, 11) is 0. The Hall–Kier alpha value is -2.40. The summed E-state index contributed by atoms with van der Waals surface area (Å²) < 4.78 is 8.86. The zero-order chi connectivity index (χ0) is 18.5. The third-order valence-corrected chi connectivity index (χ3v) is 5.28.